The van der Waals surface area contributed by atoms with E-state index >= 15 is 0 Å². The Hall–Kier alpha value is -2.96. The summed E-state index contributed by atoms with van der Waals surface area (Å²) in [5.41, 5.74) is 5.94. The minimum Gasteiger partial charge on any atom is -0.480 e. The second-order valence-corrected chi connectivity index (χ2v) is 6.35. The number of aliphatic hydroxyl groups is 1. The lowest BCUT2D eigenvalue weighted by Gasteiger charge is -2.01. The third kappa shape index (κ3) is 29.2. The van der Waals surface area contributed by atoms with Gasteiger partial charge in [0.15, 0.2) is 0 Å². The second kappa shape index (κ2) is 28.0. The quantitative estimate of drug-likeness (QED) is 0.177. The Balaban J connectivity index is -0.000000380. The highest BCUT2D eigenvalue weighted by Crippen LogP contribution is 2.04. The molecule has 0 fully saturated rings. The molecule has 0 saturated carbocycles. The van der Waals surface area contributed by atoms with Crippen molar-refractivity contribution in [3.05, 3.63) is 80.4 Å². The molecular formula is C26H41NO5. The van der Waals surface area contributed by atoms with Gasteiger partial charge in [0.2, 0.25) is 0 Å². The Morgan fingerprint density at radius 3 is 1.88 bits per heavy atom. The van der Waals surface area contributed by atoms with Crippen LogP contribution in [-0.2, 0) is 14.3 Å². The summed E-state index contributed by atoms with van der Waals surface area (Å²) in [6, 6.07) is 8.90. The van der Waals surface area contributed by atoms with Crippen LogP contribution in [0.15, 0.2) is 74.9 Å². The number of aliphatic carboxylic acids is 1. The van der Waals surface area contributed by atoms with Crippen molar-refractivity contribution in [3.63, 3.8) is 0 Å². The van der Waals surface area contributed by atoms with Gasteiger partial charge in [-0.3, -0.25) is 4.79 Å². The number of hydrogen-bond donors (Lipinski definition) is 3. The van der Waals surface area contributed by atoms with Gasteiger partial charge < -0.3 is 20.7 Å². The lowest BCUT2D eigenvalue weighted by atomic mass is 10.1. The van der Waals surface area contributed by atoms with Crippen LogP contribution in [0.3, 0.4) is 0 Å². The number of benzene rings is 1. The van der Waals surface area contributed by atoms with Crippen LogP contribution in [0.5, 0.6) is 0 Å². The van der Waals surface area contributed by atoms with Gasteiger partial charge in [0.25, 0.3) is 0 Å². The fourth-order valence-corrected chi connectivity index (χ4v) is 1.78. The number of carboxylic acids is 1. The molecule has 1 rings (SSSR count). The molecule has 0 aliphatic rings. The number of rotatable bonds is 12. The van der Waals surface area contributed by atoms with Crippen LogP contribution in [0, 0.1) is 0 Å². The Morgan fingerprint density at radius 2 is 1.53 bits per heavy atom. The summed E-state index contributed by atoms with van der Waals surface area (Å²) in [5.74, 6) is -1.49. The number of allylic oxidation sites excluding steroid dienone is 2. The van der Waals surface area contributed by atoms with Gasteiger partial charge in [-0.05, 0) is 12.0 Å². The van der Waals surface area contributed by atoms with Gasteiger partial charge in [0.1, 0.15) is 6.04 Å². The van der Waals surface area contributed by atoms with E-state index in [1.807, 2.05) is 36.4 Å². The van der Waals surface area contributed by atoms with Gasteiger partial charge in [-0.2, -0.15) is 0 Å². The normalized spacial score (nSPS) is 9.59. The predicted molar refractivity (Wildman–Crippen MR) is 134 cm³/mol. The highest BCUT2D eigenvalue weighted by molar-refractivity contribution is 5.81. The Kier molecular flexibility index (Phi) is 29.5. The van der Waals surface area contributed by atoms with Crippen LogP contribution in [-0.4, -0.2) is 41.4 Å². The van der Waals surface area contributed by atoms with E-state index in [1.54, 1.807) is 12.2 Å². The Bertz CT molecular complexity index is 608. The molecular weight excluding hydrogens is 406 g/mol. The summed E-state index contributed by atoms with van der Waals surface area (Å²) in [4.78, 5) is 20.3. The maximum atomic E-state index is 10.6. The Labute approximate surface area is 193 Å². The summed E-state index contributed by atoms with van der Waals surface area (Å²) < 4.78 is 4.84. The van der Waals surface area contributed by atoms with E-state index in [0.29, 0.717) is 6.61 Å². The van der Waals surface area contributed by atoms with Crippen LogP contribution < -0.4 is 5.73 Å². The molecule has 0 bridgehead atoms. The predicted octanol–water partition coefficient (Wildman–Crippen LogP) is 5.15. The summed E-state index contributed by atoms with van der Waals surface area (Å²) in [6.07, 6.45) is 13.6. The van der Waals surface area contributed by atoms with Crippen molar-refractivity contribution in [2.75, 3.05) is 13.2 Å². The van der Waals surface area contributed by atoms with Gasteiger partial charge in [-0.15, -0.1) is 0 Å². The number of unbranched alkanes of at least 4 members (excludes halogenated alkanes) is 5. The third-order valence-corrected chi connectivity index (χ3v) is 3.62. The molecule has 32 heavy (non-hydrogen) atoms. The van der Waals surface area contributed by atoms with Crippen LogP contribution in [0.1, 0.15) is 51.0 Å². The van der Waals surface area contributed by atoms with E-state index in [2.05, 4.69) is 33.2 Å². The van der Waals surface area contributed by atoms with Crippen molar-refractivity contribution in [1.82, 2.24) is 0 Å². The molecule has 4 N–H and O–H groups in total. The zero-order valence-corrected chi connectivity index (χ0v) is 19.5. The van der Waals surface area contributed by atoms with Crippen molar-refractivity contribution >= 4 is 18.0 Å². The zero-order valence-electron chi connectivity index (χ0n) is 19.5. The number of ether oxygens (including phenoxy) is 1. The van der Waals surface area contributed by atoms with Gasteiger partial charge >= 0.3 is 11.9 Å². The lowest BCUT2D eigenvalue weighted by molar-refractivity contribution is -0.139. The fourth-order valence-electron chi connectivity index (χ4n) is 1.78. The molecule has 0 heterocycles. The molecule has 6 nitrogen and oxygen atoms in total. The van der Waals surface area contributed by atoms with Gasteiger partial charge in [0.05, 0.1) is 13.2 Å². The molecule has 0 saturated heterocycles. The average molecular weight is 448 g/mol. The first-order chi connectivity index (χ1) is 15.3. The first kappa shape index (κ1) is 33.7. The molecule has 0 spiro atoms. The highest BCUT2D eigenvalue weighted by Gasteiger charge is 2.07. The van der Waals surface area contributed by atoms with E-state index in [1.165, 1.54) is 37.3 Å². The molecule has 0 aliphatic heterocycles. The van der Waals surface area contributed by atoms with Crippen LogP contribution in [0.4, 0.5) is 0 Å². The first-order valence-corrected chi connectivity index (χ1v) is 10.6. The smallest absolute Gasteiger partial charge is 0.330 e. The minimum atomic E-state index is -1.18. The number of nitrogens with two attached hydrogens (primary N) is 1. The standard InChI is InChI=1S/C11H20O2.C8H8.C4H6.C3H7NO3/c1-3-5-6-7-8-9-10-13-11(12)4-2;1-2-8-6-4-3-5-7-8;1-3-4-2;4-2(1-5)3(6)7/h4H,2-3,5-10H2,1H3;2-7H,1H2;3-4H,1-2H2;2,5H,1,4H2,(H,6,7)/t;;;2-/m...0/s1. The second-order valence-electron chi connectivity index (χ2n) is 6.35. The molecule has 1 aromatic rings. The summed E-state index contributed by atoms with van der Waals surface area (Å²) >= 11 is 0. The largest absolute Gasteiger partial charge is 0.480 e. The average Bonchev–Trinajstić information content (AvgIpc) is 2.84. The van der Waals surface area contributed by atoms with Crippen molar-refractivity contribution in [1.29, 1.82) is 0 Å². The molecule has 1 atom stereocenters. The lowest BCUT2D eigenvalue weighted by Crippen LogP contribution is -2.33. The van der Waals surface area contributed by atoms with E-state index in [0.717, 1.165) is 12.8 Å². The topological polar surface area (TPSA) is 110 Å². The fraction of sp³-hybridized carbons (Fsp3) is 0.385. The number of hydrogen-bond acceptors (Lipinski definition) is 5. The van der Waals surface area contributed by atoms with Crippen molar-refractivity contribution in [3.8, 4) is 0 Å². The summed E-state index contributed by atoms with van der Waals surface area (Å²) in [6.45, 7) is 15.9. The van der Waals surface area contributed by atoms with Gasteiger partial charge in [-0.25, -0.2) is 4.79 Å². The van der Waals surface area contributed by atoms with Gasteiger partial charge in [0, 0.05) is 6.08 Å². The highest BCUT2D eigenvalue weighted by atomic mass is 16.5. The summed E-state index contributed by atoms with van der Waals surface area (Å²) in [7, 11) is 0. The summed E-state index contributed by atoms with van der Waals surface area (Å²) in [5, 5.41) is 15.9. The van der Waals surface area contributed by atoms with Crippen LogP contribution in [0.2, 0.25) is 0 Å². The molecule has 1 aromatic carbocycles. The molecule has 0 amide bonds. The monoisotopic (exact) mass is 447 g/mol. The van der Waals surface area contributed by atoms with Crippen molar-refractivity contribution in [2.24, 2.45) is 5.73 Å². The van der Waals surface area contributed by atoms with Gasteiger partial charge in [-0.1, -0.05) is 114 Å². The molecule has 180 valence electrons. The molecule has 0 radical (unpaired) electrons. The number of carboxylic acid groups (broad SMARTS) is 1. The van der Waals surface area contributed by atoms with E-state index in [4.69, 9.17) is 20.7 Å². The molecule has 6 heteroatoms. The third-order valence-electron chi connectivity index (χ3n) is 3.62. The van der Waals surface area contributed by atoms with E-state index < -0.39 is 18.6 Å². The maximum absolute atomic E-state index is 10.6. The number of aliphatic hydroxyl groups excluding tert-OH is 1. The van der Waals surface area contributed by atoms with Crippen molar-refractivity contribution < 1.29 is 24.5 Å². The molecule has 0 unspecified atom stereocenters. The number of carbonyl (C=O) groups excluding carboxylic acids is 1. The van der Waals surface area contributed by atoms with Crippen LogP contribution in [0.25, 0.3) is 6.08 Å². The van der Waals surface area contributed by atoms with E-state index in [9.17, 15) is 9.59 Å². The zero-order chi connectivity index (χ0) is 25.0. The number of carbonyl (C=O) groups is 2. The van der Waals surface area contributed by atoms with Crippen LogP contribution >= 0.6 is 0 Å². The van der Waals surface area contributed by atoms with Crippen molar-refractivity contribution in [2.45, 2.75) is 51.5 Å². The Morgan fingerprint density at radius 1 is 1.00 bits per heavy atom. The first-order valence-electron chi connectivity index (χ1n) is 10.6. The number of esters is 1. The molecule has 0 aromatic heterocycles. The minimum absolute atomic E-state index is 0.312. The van der Waals surface area contributed by atoms with E-state index in [-0.39, 0.29) is 5.97 Å². The molecule has 0 aliphatic carbocycles. The maximum Gasteiger partial charge on any atom is 0.330 e. The SMILES string of the molecule is C=CC(=O)OCCCCCCCC.C=CC=C.C=Cc1ccccc1.N[C@@H](CO)C(=O)O.